The number of carbonyl (C=O) groups is 1. The monoisotopic (exact) mass is 560 g/mol. The van der Waals surface area contributed by atoms with Crippen molar-refractivity contribution >= 4 is 5.97 Å². The lowest BCUT2D eigenvalue weighted by atomic mass is 9.80. The summed E-state index contributed by atoms with van der Waals surface area (Å²) < 4.78 is 43.2. The summed E-state index contributed by atoms with van der Waals surface area (Å²) in [4.78, 5) is 12.3. The smallest absolute Gasteiger partial charge is 0.310 e. The van der Waals surface area contributed by atoms with Crippen LogP contribution in [0.4, 0.5) is 13.2 Å². The SMILES string of the molecule is C=CCC(F)(F)c1ccc(-c2cc([C@@H](CC(C)C)C(=O)O)ccc2C(C=C2CCCCC2)c2ccc(F)cc2)cc1. The van der Waals surface area contributed by atoms with E-state index in [1.165, 1.54) is 42.3 Å². The largest absolute Gasteiger partial charge is 0.481 e. The molecule has 216 valence electrons. The molecule has 41 heavy (non-hydrogen) atoms. The van der Waals surface area contributed by atoms with E-state index < -0.39 is 24.2 Å². The molecule has 2 atom stereocenters. The van der Waals surface area contributed by atoms with E-state index in [0.717, 1.165) is 47.9 Å². The predicted molar refractivity (Wildman–Crippen MR) is 160 cm³/mol. The standard InChI is InChI=1S/C36H39F3O2/c1-4-20-36(38,39)29-15-10-26(11-16-29)33-23-28(34(35(40)41)21-24(2)3)14-19-31(33)32(22-25-8-6-5-7-9-25)27-12-17-30(37)18-13-27/h4,10-19,22-24,32,34H,1,5-9,20-21H2,2-3H3,(H,40,41)/t32?,34-/m1/s1. The molecular weight excluding hydrogens is 521 g/mol. The van der Waals surface area contributed by atoms with E-state index in [-0.39, 0.29) is 23.2 Å². The van der Waals surface area contributed by atoms with Gasteiger partial charge in [0.2, 0.25) is 0 Å². The molecule has 1 saturated carbocycles. The molecule has 3 aromatic carbocycles. The number of aliphatic carboxylic acids is 1. The van der Waals surface area contributed by atoms with Gasteiger partial charge in [0.25, 0.3) is 5.92 Å². The topological polar surface area (TPSA) is 37.3 Å². The molecule has 0 spiro atoms. The van der Waals surface area contributed by atoms with Crippen LogP contribution in [-0.4, -0.2) is 11.1 Å². The second-order valence-corrected chi connectivity index (χ2v) is 11.6. The number of alkyl halides is 2. The fourth-order valence-electron chi connectivity index (χ4n) is 5.80. The van der Waals surface area contributed by atoms with Crippen LogP contribution in [0.2, 0.25) is 0 Å². The van der Waals surface area contributed by atoms with Gasteiger partial charge in [-0.3, -0.25) is 4.79 Å². The molecule has 5 heteroatoms. The Hall–Kier alpha value is -3.60. The maximum Gasteiger partial charge on any atom is 0.310 e. The average Bonchev–Trinajstić information content (AvgIpc) is 2.95. The van der Waals surface area contributed by atoms with Crippen molar-refractivity contribution in [3.8, 4) is 11.1 Å². The van der Waals surface area contributed by atoms with Gasteiger partial charge < -0.3 is 5.11 Å². The van der Waals surface area contributed by atoms with Crippen LogP contribution in [0.5, 0.6) is 0 Å². The number of carboxylic acid groups (broad SMARTS) is 1. The van der Waals surface area contributed by atoms with Crippen molar-refractivity contribution in [3.05, 3.63) is 119 Å². The predicted octanol–water partition coefficient (Wildman–Crippen LogP) is 10.4. The molecule has 1 fully saturated rings. The molecule has 1 unspecified atom stereocenters. The Labute approximate surface area is 241 Å². The van der Waals surface area contributed by atoms with E-state index in [4.69, 9.17) is 0 Å². The summed E-state index contributed by atoms with van der Waals surface area (Å²) in [5.74, 6) is -4.96. The van der Waals surface area contributed by atoms with Gasteiger partial charge in [-0.25, -0.2) is 13.2 Å². The third-order valence-corrected chi connectivity index (χ3v) is 7.97. The zero-order valence-electron chi connectivity index (χ0n) is 23.9. The number of hydrogen-bond acceptors (Lipinski definition) is 1. The average molecular weight is 561 g/mol. The van der Waals surface area contributed by atoms with E-state index in [2.05, 4.69) is 12.7 Å². The van der Waals surface area contributed by atoms with Gasteiger partial charge in [0.1, 0.15) is 5.82 Å². The van der Waals surface area contributed by atoms with Crippen molar-refractivity contribution in [1.29, 1.82) is 0 Å². The van der Waals surface area contributed by atoms with Gasteiger partial charge in [-0.1, -0.05) is 86.5 Å². The van der Waals surface area contributed by atoms with Crippen LogP contribution in [0, 0.1) is 11.7 Å². The molecule has 0 amide bonds. The second kappa shape index (κ2) is 13.4. The van der Waals surface area contributed by atoms with Gasteiger partial charge in [0.15, 0.2) is 0 Å². The lowest BCUT2D eigenvalue weighted by Gasteiger charge is -2.24. The molecule has 0 bridgehead atoms. The van der Waals surface area contributed by atoms with Crippen molar-refractivity contribution < 1.29 is 23.1 Å². The molecule has 1 N–H and O–H groups in total. The molecule has 1 aliphatic carbocycles. The maximum absolute atomic E-state index is 14.6. The Bertz CT molecular complexity index is 1360. The lowest BCUT2D eigenvalue weighted by Crippen LogP contribution is -2.15. The zero-order valence-corrected chi connectivity index (χ0v) is 23.9. The van der Waals surface area contributed by atoms with Crippen LogP contribution in [0.15, 0.2) is 91.0 Å². The quantitative estimate of drug-likeness (QED) is 0.237. The van der Waals surface area contributed by atoms with E-state index >= 15 is 0 Å². The normalized spacial score (nSPS) is 15.4. The van der Waals surface area contributed by atoms with Crippen LogP contribution in [0.25, 0.3) is 11.1 Å². The Morgan fingerprint density at radius 3 is 2.17 bits per heavy atom. The minimum absolute atomic E-state index is 0.0958. The highest BCUT2D eigenvalue weighted by molar-refractivity contribution is 5.78. The Morgan fingerprint density at radius 1 is 0.951 bits per heavy atom. The summed E-state index contributed by atoms with van der Waals surface area (Å²) >= 11 is 0. The van der Waals surface area contributed by atoms with Gasteiger partial charge in [-0.2, -0.15) is 0 Å². The molecule has 0 radical (unpaired) electrons. The number of rotatable bonds is 11. The van der Waals surface area contributed by atoms with Gasteiger partial charge in [0.05, 0.1) is 5.92 Å². The first-order valence-corrected chi connectivity index (χ1v) is 14.5. The van der Waals surface area contributed by atoms with Gasteiger partial charge in [0, 0.05) is 17.9 Å². The van der Waals surface area contributed by atoms with E-state index in [1.54, 1.807) is 24.3 Å². The summed E-state index contributed by atoms with van der Waals surface area (Å²) in [6.07, 6.45) is 8.97. The van der Waals surface area contributed by atoms with Crippen LogP contribution in [-0.2, 0) is 10.7 Å². The maximum atomic E-state index is 14.6. The van der Waals surface area contributed by atoms with E-state index in [0.29, 0.717) is 12.0 Å². The van der Waals surface area contributed by atoms with Gasteiger partial charge >= 0.3 is 5.97 Å². The highest BCUT2D eigenvalue weighted by Crippen LogP contribution is 2.40. The van der Waals surface area contributed by atoms with Crippen molar-refractivity contribution in [1.82, 2.24) is 0 Å². The fourth-order valence-corrected chi connectivity index (χ4v) is 5.80. The molecule has 0 heterocycles. The summed E-state index contributed by atoms with van der Waals surface area (Å²) in [7, 11) is 0. The van der Waals surface area contributed by atoms with E-state index in [9.17, 15) is 23.1 Å². The first-order chi connectivity index (χ1) is 19.6. The Balaban J connectivity index is 1.90. The minimum Gasteiger partial charge on any atom is -0.481 e. The highest BCUT2D eigenvalue weighted by Gasteiger charge is 2.30. The molecule has 2 nitrogen and oxygen atoms in total. The van der Waals surface area contributed by atoms with Crippen molar-refractivity contribution in [2.45, 2.75) is 76.6 Å². The van der Waals surface area contributed by atoms with Crippen LogP contribution in [0.1, 0.15) is 92.9 Å². The summed E-state index contributed by atoms with van der Waals surface area (Å²) in [5, 5.41) is 10.1. The molecule has 1 aliphatic rings. The molecular formula is C36H39F3O2. The first-order valence-electron chi connectivity index (χ1n) is 14.5. The second-order valence-electron chi connectivity index (χ2n) is 11.6. The van der Waals surface area contributed by atoms with E-state index in [1.807, 2.05) is 32.0 Å². The molecule has 3 aromatic rings. The number of hydrogen-bond donors (Lipinski definition) is 1. The summed E-state index contributed by atoms with van der Waals surface area (Å²) in [5.41, 5.74) is 5.29. The van der Waals surface area contributed by atoms with Crippen LogP contribution < -0.4 is 0 Å². The Morgan fingerprint density at radius 2 is 1.59 bits per heavy atom. The molecule has 4 rings (SSSR count). The third kappa shape index (κ3) is 7.58. The van der Waals surface area contributed by atoms with Crippen molar-refractivity contribution in [2.24, 2.45) is 5.92 Å². The van der Waals surface area contributed by atoms with Crippen molar-refractivity contribution in [2.75, 3.05) is 0 Å². The van der Waals surface area contributed by atoms with Crippen molar-refractivity contribution in [3.63, 3.8) is 0 Å². The lowest BCUT2D eigenvalue weighted by molar-refractivity contribution is -0.139. The number of benzene rings is 3. The molecule has 0 saturated heterocycles. The highest BCUT2D eigenvalue weighted by atomic mass is 19.3. The van der Waals surface area contributed by atoms with Gasteiger partial charge in [-0.15, -0.1) is 6.58 Å². The first kappa shape index (κ1) is 30.4. The third-order valence-electron chi connectivity index (χ3n) is 7.97. The number of carboxylic acids is 1. The minimum atomic E-state index is -3.03. The number of halogens is 3. The molecule has 0 aliphatic heterocycles. The summed E-state index contributed by atoms with van der Waals surface area (Å²) in [6, 6.07) is 18.5. The number of allylic oxidation sites excluding steroid dienone is 3. The Kier molecular flexibility index (Phi) is 9.90. The zero-order chi connectivity index (χ0) is 29.6. The fraction of sp³-hybridized carbons (Fsp3) is 0.361. The van der Waals surface area contributed by atoms with Crippen LogP contribution >= 0.6 is 0 Å². The van der Waals surface area contributed by atoms with Gasteiger partial charge in [-0.05, 0) is 84.0 Å². The summed E-state index contributed by atoms with van der Waals surface area (Å²) in [6.45, 7) is 7.44. The molecule has 0 aromatic heterocycles. The van der Waals surface area contributed by atoms with Crippen LogP contribution in [0.3, 0.4) is 0 Å².